The van der Waals surface area contributed by atoms with Gasteiger partial charge in [0.15, 0.2) is 5.82 Å². The van der Waals surface area contributed by atoms with Gasteiger partial charge < -0.3 is 4.98 Å². The smallest absolute Gasteiger partial charge is 0.308 e. The molecule has 0 saturated carbocycles. The maximum absolute atomic E-state index is 12.3. The largest absolute Gasteiger partial charge is 0.442 e. The molecule has 7 nitrogen and oxygen atoms in total. The zero-order valence-corrected chi connectivity index (χ0v) is 13.4. The first-order valence-corrected chi connectivity index (χ1v) is 7.74. The van der Waals surface area contributed by atoms with Gasteiger partial charge in [0.1, 0.15) is 5.82 Å². The summed E-state index contributed by atoms with van der Waals surface area (Å²) in [4.78, 5) is 31.6. The number of rotatable bonds is 3. The van der Waals surface area contributed by atoms with Crippen molar-refractivity contribution in [1.29, 1.82) is 0 Å². The van der Waals surface area contributed by atoms with E-state index in [2.05, 4.69) is 15.1 Å². The van der Waals surface area contributed by atoms with E-state index in [0.29, 0.717) is 22.6 Å². The minimum Gasteiger partial charge on any atom is -0.308 e. The minimum absolute atomic E-state index is 0.0616. The summed E-state index contributed by atoms with van der Waals surface area (Å²) >= 11 is 0. The summed E-state index contributed by atoms with van der Waals surface area (Å²) < 4.78 is 6.15. The summed E-state index contributed by atoms with van der Waals surface area (Å²) in [5, 5.41) is 4.36. The van der Waals surface area contributed by atoms with Gasteiger partial charge in [-0.05, 0) is 18.6 Å². The highest BCUT2D eigenvalue weighted by Crippen LogP contribution is 2.16. The summed E-state index contributed by atoms with van der Waals surface area (Å²) in [6, 6.07) is 14.6. The Bertz CT molecular complexity index is 1170. The molecule has 2 aromatic heterocycles. The van der Waals surface area contributed by atoms with E-state index in [1.807, 2.05) is 49.4 Å². The van der Waals surface area contributed by atoms with Crippen molar-refractivity contribution in [2.75, 3.05) is 0 Å². The quantitative estimate of drug-likeness (QED) is 0.619. The van der Waals surface area contributed by atoms with Crippen LogP contribution in [-0.4, -0.2) is 19.7 Å². The highest BCUT2D eigenvalue weighted by molar-refractivity contribution is 5.80. The molecule has 2 heterocycles. The van der Waals surface area contributed by atoms with Crippen LogP contribution in [0.15, 0.2) is 62.6 Å². The van der Waals surface area contributed by atoms with Crippen molar-refractivity contribution in [2.45, 2.75) is 13.5 Å². The zero-order chi connectivity index (χ0) is 17.4. The van der Waals surface area contributed by atoms with E-state index < -0.39 is 5.76 Å². The van der Waals surface area contributed by atoms with E-state index in [1.165, 1.54) is 4.57 Å². The molecule has 0 aliphatic carbocycles. The number of benzene rings is 2. The Labute approximate surface area is 141 Å². The van der Waals surface area contributed by atoms with Crippen molar-refractivity contribution < 1.29 is 4.52 Å². The fourth-order valence-electron chi connectivity index (χ4n) is 2.78. The van der Waals surface area contributed by atoms with Crippen LogP contribution in [0.1, 0.15) is 11.4 Å². The van der Waals surface area contributed by atoms with Gasteiger partial charge in [-0.3, -0.25) is 9.32 Å². The maximum Gasteiger partial charge on any atom is 0.442 e. The van der Waals surface area contributed by atoms with Crippen molar-refractivity contribution in [3.8, 4) is 11.4 Å². The first kappa shape index (κ1) is 15.1. The highest BCUT2D eigenvalue weighted by Gasteiger charge is 2.15. The van der Waals surface area contributed by atoms with E-state index in [1.54, 1.807) is 6.07 Å². The van der Waals surface area contributed by atoms with E-state index in [0.717, 1.165) is 11.1 Å². The van der Waals surface area contributed by atoms with E-state index in [4.69, 9.17) is 4.52 Å². The maximum atomic E-state index is 12.3. The number of nitrogens with one attached hydrogen (secondary N) is 1. The molecule has 1 N–H and O–H groups in total. The Kier molecular flexibility index (Phi) is 3.53. The molecule has 0 atom stereocenters. The van der Waals surface area contributed by atoms with E-state index in [9.17, 15) is 9.59 Å². The Morgan fingerprint density at radius 1 is 1.08 bits per heavy atom. The number of H-pyrrole nitrogens is 1. The molecule has 124 valence electrons. The summed E-state index contributed by atoms with van der Waals surface area (Å²) in [5.74, 6) is 0.152. The molecule has 4 aromatic rings. The van der Waals surface area contributed by atoms with E-state index >= 15 is 0 Å². The molecule has 25 heavy (non-hydrogen) atoms. The second-order valence-corrected chi connectivity index (χ2v) is 5.71. The molecule has 0 bridgehead atoms. The average molecular weight is 334 g/mol. The van der Waals surface area contributed by atoms with Crippen molar-refractivity contribution >= 4 is 10.9 Å². The highest BCUT2D eigenvalue weighted by atomic mass is 16.5. The molecular weight excluding hydrogens is 320 g/mol. The molecule has 0 radical (unpaired) electrons. The number of hydrogen-bond donors (Lipinski definition) is 1. The molecule has 2 aromatic carbocycles. The summed E-state index contributed by atoms with van der Waals surface area (Å²) in [5.41, 5.74) is 2.01. The fourth-order valence-corrected chi connectivity index (χ4v) is 2.78. The number of aromatic amines is 1. The van der Waals surface area contributed by atoms with Gasteiger partial charge in [-0.1, -0.05) is 47.6 Å². The summed E-state index contributed by atoms with van der Waals surface area (Å²) in [6.45, 7) is 1.95. The van der Waals surface area contributed by atoms with Gasteiger partial charge in [-0.15, -0.1) is 0 Å². The van der Waals surface area contributed by atoms with Gasteiger partial charge in [-0.25, -0.2) is 14.3 Å². The van der Waals surface area contributed by atoms with Crippen LogP contribution in [0.25, 0.3) is 22.3 Å². The van der Waals surface area contributed by atoms with Gasteiger partial charge in [0, 0.05) is 5.56 Å². The van der Waals surface area contributed by atoms with Gasteiger partial charge in [0.25, 0.3) is 5.56 Å². The Hall–Kier alpha value is -3.48. The van der Waals surface area contributed by atoms with Crippen molar-refractivity contribution in [3.05, 3.63) is 80.8 Å². The molecule has 0 aliphatic heterocycles. The summed E-state index contributed by atoms with van der Waals surface area (Å²) in [7, 11) is 0. The topological polar surface area (TPSA) is 93.8 Å². The first-order chi connectivity index (χ1) is 12.1. The Balaban J connectivity index is 1.83. The second kappa shape index (κ2) is 5.86. The fraction of sp³-hybridized carbons (Fsp3) is 0.111. The third-order valence-electron chi connectivity index (χ3n) is 4.01. The van der Waals surface area contributed by atoms with Gasteiger partial charge >= 0.3 is 5.76 Å². The normalized spacial score (nSPS) is 11.1. The van der Waals surface area contributed by atoms with Gasteiger partial charge in [0.2, 0.25) is 0 Å². The van der Waals surface area contributed by atoms with Crippen LogP contribution in [0.5, 0.6) is 0 Å². The van der Waals surface area contributed by atoms with Crippen LogP contribution in [-0.2, 0) is 6.54 Å². The lowest BCUT2D eigenvalue weighted by atomic mass is 10.1. The molecule has 4 rings (SSSR count). The standard InChI is InChI=1S/C18H14N4O3/c1-11-6-5-9-13-15(11)19-14(20-17(13)23)10-22-16(21-25-18(22)24)12-7-3-2-4-8-12/h2-9H,10H2,1H3,(H,19,20,23). The number of para-hydroxylation sites is 1. The summed E-state index contributed by atoms with van der Waals surface area (Å²) in [6.07, 6.45) is 0. The molecule has 7 heteroatoms. The molecule has 0 amide bonds. The number of nitrogens with zero attached hydrogens (tertiary/aromatic N) is 3. The van der Waals surface area contributed by atoms with Gasteiger partial charge in [0.05, 0.1) is 17.4 Å². The Morgan fingerprint density at radius 3 is 2.68 bits per heavy atom. The van der Waals surface area contributed by atoms with Crippen LogP contribution in [0.2, 0.25) is 0 Å². The average Bonchev–Trinajstić information content (AvgIpc) is 2.97. The molecule has 0 unspecified atom stereocenters. The lowest BCUT2D eigenvalue weighted by Gasteiger charge is -2.06. The van der Waals surface area contributed by atoms with Crippen LogP contribution in [0.4, 0.5) is 0 Å². The number of aromatic nitrogens is 4. The number of fused-ring (bicyclic) bond motifs is 1. The lowest BCUT2D eigenvalue weighted by Crippen LogP contribution is -2.21. The first-order valence-electron chi connectivity index (χ1n) is 7.74. The number of aryl methyl sites for hydroxylation is 1. The Morgan fingerprint density at radius 2 is 1.88 bits per heavy atom. The molecular formula is C18H14N4O3. The molecule has 0 saturated heterocycles. The third kappa shape index (κ3) is 2.65. The van der Waals surface area contributed by atoms with Crippen LogP contribution in [0.3, 0.4) is 0 Å². The van der Waals surface area contributed by atoms with Crippen molar-refractivity contribution in [1.82, 2.24) is 19.7 Å². The minimum atomic E-state index is -0.605. The second-order valence-electron chi connectivity index (χ2n) is 5.71. The van der Waals surface area contributed by atoms with E-state index in [-0.39, 0.29) is 12.1 Å². The van der Waals surface area contributed by atoms with Gasteiger partial charge in [-0.2, -0.15) is 0 Å². The predicted octanol–water partition coefficient (Wildman–Crippen LogP) is 2.10. The van der Waals surface area contributed by atoms with Crippen LogP contribution in [0, 0.1) is 6.92 Å². The van der Waals surface area contributed by atoms with Crippen molar-refractivity contribution in [2.24, 2.45) is 0 Å². The molecule has 0 spiro atoms. The molecule has 0 fully saturated rings. The predicted molar refractivity (Wildman–Crippen MR) is 92.4 cm³/mol. The zero-order valence-electron chi connectivity index (χ0n) is 13.4. The monoisotopic (exact) mass is 334 g/mol. The lowest BCUT2D eigenvalue weighted by molar-refractivity contribution is 0.377. The van der Waals surface area contributed by atoms with Crippen LogP contribution >= 0.6 is 0 Å². The molecule has 0 aliphatic rings. The third-order valence-corrected chi connectivity index (χ3v) is 4.01. The number of hydrogen-bond acceptors (Lipinski definition) is 5. The SMILES string of the molecule is Cc1cccc2c(=O)[nH]c(Cn3c(-c4ccccc4)noc3=O)nc12. The van der Waals surface area contributed by atoms with Crippen molar-refractivity contribution in [3.63, 3.8) is 0 Å². The van der Waals surface area contributed by atoms with Crippen LogP contribution < -0.4 is 11.3 Å².